The first-order chi connectivity index (χ1) is 8.54. The number of carbonyl (C=O) groups is 2. The van der Waals surface area contributed by atoms with Gasteiger partial charge in [-0.15, -0.1) is 0 Å². The van der Waals surface area contributed by atoms with Crippen molar-refractivity contribution in [3.63, 3.8) is 0 Å². The number of rotatable bonds is 5. The molecule has 0 saturated heterocycles. The van der Waals surface area contributed by atoms with Crippen LogP contribution >= 0.6 is 11.6 Å². The zero-order chi connectivity index (χ0) is 13.5. The number of aromatic carboxylic acids is 1. The standard InChI is InChI=1S/C11H9ClN2O4/c12-7-1-2-9(8(5-7)11(16)17)18-6-10(15)14-4-3-13/h1-2,5H,4,6H2,(H,14,15)(H,16,17). The van der Waals surface area contributed by atoms with Crippen molar-refractivity contribution in [1.29, 1.82) is 5.26 Å². The molecule has 0 atom stereocenters. The fourth-order valence-electron chi connectivity index (χ4n) is 1.13. The van der Waals surface area contributed by atoms with Crippen molar-refractivity contribution in [3.8, 4) is 11.8 Å². The summed E-state index contributed by atoms with van der Waals surface area (Å²) in [6, 6.07) is 5.78. The summed E-state index contributed by atoms with van der Waals surface area (Å²) < 4.78 is 5.05. The van der Waals surface area contributed by atoms with Crippen molar-refractivity contribution in [1.82, 2.24) is 5.32 Å². The topological polar surface area (TPSA) is 99.4 Å². The van der Waals surface area contributed by atoms with E-state index >= 15 is 0 Å². The lowest BCUT2D eigenvalue weighted by atomic mass is 10.2. The van der Waals surface area contributed by atoms with Crippen LogP contribution in [0.15, 0.2) is 18.2 Å². The van der Waals surface area contributed by atoms with Gasteiger partial charge in [-0.1, -0.05) is 11.6 Å². The van der Waals surface area contributed by atoms with Crippen LogP contribution in [0.4, 0.5) is 0 Å². The lowest BCUT2D eigenvalue weighted by molar-refractivity contribution is -0.122. The minimum atomic E-state index is -1.20. The minimum absolute atomic E-state index is 0.0407. The molecule has 0 aliphatic rings. The van der Waals surface area contributed by atoms with Crippen LogP contribution in [0, 0.1) is 11.3 Å². The normalized spacial score (nSPS) is 9.33. The maximum Gasteiger partial charge on any atom is 0.339 e. The van der Waals surface area contributed by atoms with Gasteiger partial charge in [0.2, 0.25) is 0 Å². The van der Waals surface area contributed by atoms with E-state index in [4.69, 9.17) is 26.7 Å². The number of nitriles is 1. The van der Waals surface area contributed by atoms with Gasteiger partial charge in [0, 0.05) is 5.02 Å². The number of amides is 1. The van der Waals surface area contributed by atoms with Gasteiger partial charge < -0.3 is 15.2 Å². The van der Waals surface area contributed by atoms with Gasteiger partial charge in [-0.05, 0) is 18.2 Å². The van der Waals surface area contributed by atoms with E-state index in [1.807, 2.05) is 0 Å². The summed E-state index contributed by atoms with van der Waals surface area (Å²) in [5.41, 5.74) is -0.129. The molecule has 0 radical (unpaired) electrons. The molecule has 6 nitrogen and oxygen atoms in total. The molecule has 0 unspecified atom stereocenters. The molecule has 0 bridgehead atoms. The van der Waals surface area contributed by atoms with E-state index in [0.29, 0.717) is 0 Å². The molecule has 1 aromatic carbocycles. The highest BCUT2D eigenvalue weighted by Gasteiger charge is 2.13. The first-order valence-corrected chi connectivity index (χ1v) is 5.21. The third-order valence-electron chi connectivity index (χ3n) is 1.90. The molecule has 7 heteroatoms. The molecule has 1 rings (SSSR count). The molecule has 0 aliphatic carbocycles. The van der Waals surface area contributed by atoms with E-state index in [2.05, 4.69) is 5.32 Å². The average Bonchev–Trinajstić information content (AvgIpc) is 2.34. The molecule has 0 heterocycles. The molecule has 0 saturated carbocycles. The van der Waals surface area contributed by atoms with Crippen LogP contribution in [0.3, 0.4) is 0 Å². The maximum absolute atomic E-state index is 11.2. The highest BCUT2D eigenvalue weighted by molar-refractivity contribution is 6.31. The second-order valence-corrected chi connectivity index (χ2v) is 3.61. The van der Waals surface area contributed by atoms with E-state index in [1.54, 1.807) is 6.07 Å². The molecule has 94 valence electrons. The molecule has 0 fully saturated rings. The largest absolute Gasteiger partial charge is 0.483 e. The maximum atomic E-state index is 11.2. The molecule has 1 amide bonds. The fraction of sp³-hybridized carbons (Fsp3) is 0.182. The van der Waals surface area contributed by atoms with Crippen molar-refractivity contribution in [3.05, 3.63) is 28.8 Å². The molecule has 18 heavy (non-hydrogen) atoms. The van der Waals surface area contributed by atoms with Crippen LogP contribution in [-0.2, 0) is 4.79 Å². The van der Waals surface area contributed by atoms with Crippen molar-refractivity contribution in [2.24, 2.45) is 0 Å². The van der Waals surface area contributed by atoms with Gasteiger partial charge in [-0.2, -0.15) is 5.26 Å². The summed E-state index contributed by atoms with van der Waals surface area (Å²) in [4.78, 5) is 22.1. The van der Waals surface area contributed by atoms with Gasteiger partial charge in [0.05, 0.1) is 6.07 Å². The quantitative estimate of drug-likeness (QED) is 0.778. The van der Waals surface area contributed by atoms with Crippen LogP contribution in [0.5, 0.6) is 5.75 Å². The van der Waals surface area contributed by atoms with Gasteiger partial charge in [-0.3, -0.25) is 4.79 Å². The van der Waals surface area contributed by atoms with Crippen molar-refractivity contribution < 1.29 is 19.4 Å². The first-order valence-electron chi connectivity index (χ1n) is 4.84. The highest BCUT2D eigenvalue weighted by Crippen LogP contribution is 2.22. The first kappa shape index (κ1) is 13.8. The molecular formula is C11H9ClN2O4. The smallest absolute Gasteiger partial charge is 0.339 e. The van der Waals surface area contributed by atoms with Crippen LogP contribution in [0.2, 0.25) is 5.02 Å². The number of benzene rings is 1. The van der Waals surface area contributed by atoms with E-state index < -0.39 is 11.9 Å². The predicted molar refractivity (Wildman–Crippen MR) is 62.5 cm³/mol. The van der Waals surface area contributed by atoms with Crippen LogP contribution < -0.4 is 10.1 Å². The van der Waals surface area contributed by atoms with Gasteiger partial charge in [0.25, 0.3) is 5.91 Å². The summed E-state index contributed by atoms with van der Waals surface area (Å²) in [5.74, 6) is -1.67. The second kappa shape index (κ2) is 6.47. The number of carboxylic acids is 1. The van der Waals surface area contributed by atoms with Gasteiger partial charge in [0.15, 0.2) is 6.61 Å². The number of halogens is 1. The number of nitrogens with zero attached hydrogens (tertiary/aromatic N) is 1. The minimum Gasteiger partial charge on any atom is -0.483 e. The zero-order valence-corrected chi connectivity index (χ0v) is 9.90. The number of hydrogen-bond donors (Lipinski definition) is 2. The Morgan fingerprint density at radius 1 is 1.50 bits per heavy atom. The SMILES string of the molecule is N#CCNC(=O)COc1ccc(Cl)cc1C(=O)O. The number of nitrogens with one attached hydrogen (secondary N) is 1. The van der Waals surface area contributed by atoms with Crippen molar-refractivity contribution in [2.45, 2.75) is 0 Å². The Morgan fingerprint density at radius 2 is 2.22 bits per heavy atom. The third-order valence-corrected chi connectivity index (χ3v) is 2.13. The fourth-order valence-corrected chi connectivity index (χ4v) is 1.30. The summed E-state index contributed by atoms with van der Waals surface area (Å²) >= 11 is 5.66. The molecule has 1 aromatic rings. The summed E-state index contributed by atoms with van der Waals surface area (Å²) in [6.45, 7) is -0.502. The average molecular weight is 269 g/mol. The molecule has 2 N–H and O–H groups in total. The monoisotopic (exact) mass is 268 g/mol. The molecule has 0 aromatic heterocycles. The van der Waals surface area contributed by atoms with Crippen LogP contribution in [0.25, 0.3) is 0 Å². The van der Waals surface area contributed by atoms with Gasteiger partial charge in [-0.25, -0.2) is 4.79 Å². The Labute approximate surface area is 108 Å². The Balaban J connectivity index is 2.70. The number of hydrogen-bond acceptors (Lipinski definition) is 4. The van der Waals surface area contributed by atoms with Gasteiger partial charge >= 0.3 is 5.97 Å². The number of carbonyl (C=O) groups excluding carboxylic acids is 1. The second-order valence-electron chi connectivity index (χ2n) is 3.17. The Morgan fingerprint density at radius 3 is 2.83 bits per heavy atom. The molecule has 0 aliphatic heterocycles. The summed E-state index contributed by atoms with van der Waals surface area (Å²) in [7, 11) is 0. The lowest BCUT2D eigenvalue weighted by Crippen LogP contribution is -2.29. The van der Waals surface area contributed by atoms with Crippen molar-refractivity contribution >= 4 is 23.5 Å². The third kappa shape index (κ3) is 3.96. The van der Waals surface area contributed by atoms with Crippen LogP contribution in [0.1, 0.15) is 10.4 Å². The Hall–Kier alpha value is -2.26. The van der Waals surface area contributed by atoms with Crippen molar-refractivity contribution in [2.75, 3.05) is 13.2 Å². The lowest BCUT2D eigenvalue weighted by Gasteiger charge is -2.08. The summed E-state index contributed by atoms with van der Waals surface area (Å²) in [6.07, 6.45) is 0. The zero-order valence-electron chi connectivity index (χ0n) is 9.14. The van der Waals surface area contributed by atoms with E-state index in [0.717, 1.165) is 0 Å². The summed E-state index contributed by atoms with van der Waals surface area (Å²) in [5, 5.41) is 19.7. The van der Waals surface area contributed by atoms with E-state index in [-0.39, 0.29) is 29.5 Å². The highest BCUT2D eigenvalue weighted by atomic mass is 35.5. The Bertz CT molecular complexity index is 510. The molecular weight excluding hydrogens is 260 g/mol. The van der Waals surface area contributed by atoms with E-state index in [9.17, 15) is 9.59 Å². The number of ether oxygens (including phenoxy) is 1. The number of carboxylic acid groups (broad SMARTS) is 1. The van der Waals surface area contributed by atoms with Gasteiger partial charge in [0.1, 0.15) is 17.9 Å². The molecule has 0 spiro atoms. The predicted octanol–water partition coefficient (Wildman–Crippen LogP) is 1.06. The van der Waals surface area contributed by atoms with Crippen LogP contribution in [-0.4, -0.2) is 30.1 Å². The van der Waals surface area contributed by atoms with E-state index in [1.165, 1.54) is 18.2 Å². The Kier molecular flexibility index (Phi) is 4.96.